The van der Waals surface area contributed by atoms with E-state index in [1.54, 1.807) is 0 Å². The molecule has 1 aromatic rings. The Balaban J connectivity index is 2.43. The van der Waals surface area contributed by atoms with Crippen molar-refractivity contribution in [2.24, 2.45) is 0 Å². The number of hydrogen-bond donors (Lipinski definition) is 1. The van der Waals surface area contributed by atoms with Crippen LogP contribution < -0.4 is 4.74 Å². The van der Waals surface area contributed by atoms with Gasteiger partial charge in [0.25, 0.3) is 0 Å². The molecule has 0 bridgehead atoms. The smallest absolute Gasteiger partial charge is 0.401 e. The maximum atomic E-state index is 12.2. The van der Waals surface area contributed by atoms with Crippen molar-refractivity contribution in [1.82, 2.24) is 4.90 Å². The fraction of sp³-hybridized carbons (Fsp3) is 0.571. The van der Waals surface area contributed by atoms with Crippen LogP contribution in [0, 0.1) is 13.8 Å². The number of nitrogens with zero attached hydrogens (tertiary/aromatic N) is 1. The van der Waals surface area contributed by atoms with Crippen molar-refractivity contribution >= 4 is 0 Å². The first-order chi connectivity index (χ1) is 9.17. The van der Waals surface area contributed by atoms with Crippen molar-refractivity contribution < 1.29 is 23.0 Å². The van der Waals surface area contributed by atoms with Crippen LogP contribution in [0.3, 0.4) is 0 Å². The minimum Gasteiger partial charge on any atom is -0.491 e. The second-order valence-corrected chi connectivity index (χ2v) is 5.05. The predicted molar refractivity (Wildman–Crippen MR) is 71.0 cm³/mol. The van der Waals surface area contributed by atoms with Crippen molar-refractivity contribution in [1.29, 1.82) is 0 Å². The topological polar surface area (TPSA) is 32.7 Å². The summed E-state index contributed by atoms with van der Waals surface area (Å²) in [7, 11) is 1.31. The molecule has 1 unspecified atom stereocenters. The zero-order valence-corrected chi connectivity index (χ0v) is 11.9. The molecule has 3 nitrogen and oxygen atoms in total. The summed E-state index contributed by atoms with van der Waals surface area (Å²) in [6.45, 7) is 2.61. The summed E-state index contributed by atoms with van der Waals surface area (Å²) in [5, 5.41) is 9.70. The van der Waals surface area contributed by atoms with Crippen molar-refractivity contribution in [3.8, 4) is 5.75 Å². The molecule has 20 heavy (non-hydrogen) atoms. The standard InChI is InChI=1S/C14H20F3NO2/c1-10-4-5-11(2)13(6-10)20-8-12(19)7-18(3)9-14(15,16)17/h4-6,12,19H,7-9H2,1-3H3. The van der Waals surface area contributed by atoms with Crippen LogP contribution in [0.4, 0.5) is 13.2 Å². The number of likely N-dealkylation sites (N-methyl/N-ethyl adjacent to an activating group) is 1. The van der Waals surface area contributed by atoms with E-state index in [-0.39, 0.29) is 13.2 Å². The molecule has 1 aromatic carbocycles. The normalized spacial score (nSPS) is 13.6. The van der Waals surface area contributed by atoms with Crippen molar-refractivity contribution in [2.45, 2.75) is 26.1 Å². The van der Waals surface area contributed by atoms with E-state index < -0.39 is 18.8 Å². The molecule has 0 aromatic heterocycles. The number of halogens is 3. The molecule has 0 saturated carbocycles. The third-order valence-corrected chi connectivity index (χ3v) is 2.75. The quantitative estimate of drug-likeness (QED) is 0.874. The molecule has 6 heteroatoms. The fourth-order valence-electron chi connectivity index (χ4n) is 1.83. The highest BCUT2D eigenvalue weighted by Gasteiger charge is 2.29. The van der Waals surface area contributed by atoms with Gasteiger partial charge in [0.1, 0.15) is 18.5 Å². The zero-order chi connectivity index (χ0) is 15.3. The summed E-state index contributed by atoms with van der Waals surface area (Å²) in [4.78, 5) is 1.02. The summed E-state index contributed by atoms with van der Waals surface area (Å²) in [5.74, 6) is 0.641. The lowest BCUT2D eigenvalue weighted by Gasteiger charge is -2.22. The number of rotatable bonds is 6. The van der Waals surface area contributed by atoms with Gasteiger partial charge in [-0.05, 0) is 38.1 Å². The van der Waals surface area contributed by atoms with Gasteiger partial charge in [-0.15, -0.1) is 0 Å². The summed E-state index contributed by atoms with van der Waals surface area (Å²) in [5.41, 5.74) is 1.95. The molecule has 0 aliphatic carbocycles. The van der Waals surface area contributed by atoms with Crippen molar-refractivity contribution in [3.05, 3.63) is 29.3 Å². The number of aliphatic hydroxyl groups excluding tert-OH is 1. The Morgan fingerprint density at radius 2 is 1.95 bits per heavy atom. The van der Waals surface area contributed by atoms with Gasteiger partial charge in [-0.2, -0.15) is 13.2 Å². The molecule has 1 N–H and O–H groups in total. The van der Waals surface area contributed by atoms with E-state index in [0.717, 1.165) is 16.0 Å². The van der Waals surface area contributed by atoms with Gasteiger partial charge in [0, 0.05) is 6.54 Å². The van der Waals surface area contributed by atoms with Gasteiger partial charge in [0.2, 0.25) is 0 Å². The minimum absolute atomic E-state index is 0.0352. The van der Waals surface area contributed by atoms with Crippen LogP contribution in [-0.4, -0.2) is 49.0 Å². The molecule has 0 aliphatic heterocycles. The molecule has 0 amide bonds. The van der Waals surface area contributed by atoms with Crippen LogP contribution in [0.25, 0.3) is 0 Å². The van der Waals surface area contributed by atoms with Gasteiger partial charge in [-0.3, -0.25) is 4.90 Å². The summed E-state index contributed by atoms with van der Waals surface area (Å²) < 4.78 is 41.9. The number of benzene rings is 1. The maximum absolute atomic E-state index is 12.2. The van der Waals surface area contributed by atoms with Gasteiger partial charge in [-0.25, -0.2) is 0 Å². The Labute approximate surface area is 117 Å². The first kappa shape index (κ1) is 16.8. The molecule has 0 spiro atoms. The Morgan fingerprint density at radius 3 is 2.55 bits per heavy atom. The monoisotopic (exact) mass is 291 g/mol. The highest BCUT2D eigenvalue weighted by molar-refractivity contribution is 5.35. The molecule has 0 heterocycles. The largest absolute Gasteiger partial charge is 0.491 e. The number of ether oxygens (including phenoxy) is 1. The lowest BCUT2D eigenvalue weighted by Crippen LogP contribution is -2.38. The molecule has 1 atom stereocenters. The first-order valence-electron chi connectivity index (χ1n) is 6.31. The SMILES string of the molecule is Cc1ccc(C)c(OCC(O)CN(C)CC(F)(F)F)c1. The van der Waals surface area contributed by atoms with Crippen LogP contribution in [0.15, 0.2) is 18.2 Å². The van der Waals surface area contributed by atoms with Gasteiger partial charge >= 0.3 is 6.18 Å². The number of hydrogen-bond acceptors (Lipinski definition) is 3. The van der Waals surface area contributed by atoms with E-state index in [9.17, 15) is 18.3 Å². The van der Waals surface area contributed by atoms with E-state index in [0.29, 0.717) is 5.75 Å². The molecule has 0 aliphatic rings. The van der Waals surface area contributed by atoms with Crippen LogP contribution >= 0.6 is 0 Å². The molecule has 0 fully saturated rings. The van der Waals surface area contributed by atoms with Gasteiger partial charge in [-0.1, -0.05) is 12.1 Å². The lowest BCUT2D eigenvalue weighted by atomic mass is 10.1. The first-order valence-corrected chi connectivity index (χ1v) is 6.31. The lowest BCUT2D eigenvalue weighted by molar-refractivity contribution is -0.145. The van der Waals surface area contributed by atoms with Gasteiger partial charge in [0.05, 0.1) is 6.54 Å². The van der Waals surface area contributed by atoms with Gasteiger partial charge < -0.3 is 9.84 Å². The highest BCUT2D eigenvalue weighted by atomic mass is 19.4. The second-order valence-electron chi connectivity index (χ2n) is 5.05. The fourth-order valence-corrected chi connectivity index (χ4v) is 1.83. The third kappa shape index (κ3) is 6.25. The summed E-state index contributed by atoms with van der Waals surface area (Å²) in [6.07, 6.45) is -5.23. The molecular formula is C14H20F3NO2. The van der Waals surface area contributed by atoms with Gasteiger partial charge in [0.15, 0.2) is 0 Å². The third-order valence-electron chi connectivity index (χ3n) is 2.75. The molecular weight excluding hydrogens is 271 g/mol. The molecule has 1 rings (SSSR count). The number of aliphatic hydroxyl groups is 1. The Kier molecular flexibility index (Phi) is 5.83. The van der Waals surface area contributed by atoms with E-state index in [1.165, 1.54) is 7.05 Å². The van der Waals surface area contributed by atoms with E-state index in [1.807, 2.05) is 32.0 Å². The molecule has 114 valence electrons. The Hall–Kier alpha value is -1.27. The van der Waals surface area contributed by atoms with Crippen molar-refractivity contribution in [2.75, 3.05) is 26.7 Å². The zero-order valence-electron chi connectivity index (χ0n) is 11.9. The molecule has 0 saturated heterocycles. The predicted octanol–water partition coefficient (Wildman–Crippen LogP) is 2.54. The van der Waals surface area contributed by atoms with Crippen molar-refractivity contribution in [3.63, 3.8) is 0 Å². The average Bonchev–Trinajstić information content (AvgIpc) is 2.27. The summed E-state index contributed by atoms with van der Waals surface area (Å²) >= 11 is 0. The Morgan fingerprint density at radius 1 is 1.30 bits per heavy atom. The number of aryl methyl sites for hydroxylation is 2. The van der Waals surface area contributed by atoms with E-state index >= 15 is 0 Å². The summed E-state index contributed by atoms with van der Waals surface area (Å²) in [6, 6.07) is 5.67. The van der Waals surface area contributed by atoms with Crippen LogP contribution in [-0.2, 0) is 0 Å². The number of alkyl halides is 3. The highest BCUT2D eigenvalue weighted by Crippen LogP contribution is 2.19. The molecule has 0 radical (unpaired) electrons. The average molecular weight is 291 g/mol. The Bertz CT molecular complexity index is 435. The van der Waals surface area contributed by atoms with E-state index in [2.05, 4.69) is 0 Å². The van der Waals surface area contributed by atoms with Crippen LogP contribution in [0.2, 0.25) is 0 Å². The van der Waals surface area contributed by atoms with E-state index in [4.69, 9.17) is 4.74 Å². The maximum Gasteiger partial charge on any atom is 0.401 e. The minimum atomic E-state index is -4.26. The van der Waals surface area contributed by atoms with Crippen LogP contribution in [0.1, 0.15) is 11.1 Å². The second kappa shape index (κ2) is 6.95. The van der Waals surface area contributed by atoms with Crippen LogP contribution in [0.5, 0.6) is 5.75 Å².